The molecule has 0 N–H and O–H groups in total. The Balaban J connectivity index is 5.81. The highest BCUT2D eigenvalue weighted by molar-refractivity contribution is 9.31. The fourth-order valence-electron chi connectivity index (χ4n) is 3.41. The van der Waals surface area contributed by atoms with Crippen molar-refractivity contribution in [2.24, 2.45) is 0 Å². The summed E-state index contributed by atoms with van der Waals surface area (Å²) in [5.41, 5.74) is 0. The molecule has 0 nitrogen and oxygen atoms in total. The molecule has 0 aromatic rings. The predicted molar refractivity (Wildman–Crippen MR) is 108 cm³/mol. The molecule has 0 atom stereocenters. The van der Waals surface area contributed by atoms with Crippen LogP contribution in [0.2, 0.25) is 0 Å². The van der Waals surface area contributed by atoms with Gasteiger partial charge in [-0.3, -0.25) is 0 Å². The maximum atomic E-state index is 4.21. The maximum Gasteiger partial charge on any atom is 0.280 e. The summed E-state index contributed by atoms with van der Waals surface area (Å²) in [6.07, 6.45) is 0. The Morgan fingerprint density at radius 1 is 0.500 bits per heavy atom. The van der Waals surface area contributed by atoms with E-state index in [9.17, 15) is 0 Å². The fraction of sp³-hybridized carbons (Fsp3) is 1.00. The Labute approximate surface area is 140 Å². The van der Waals surface area contributed by atoms with Gasteiger partial charge in [-0.2, -0.15) is 0 Å². The summed E-state index contributed by atoms with van der Waals surface area (Å²) in [6, 6.07) is 0. The fourth-order valence-corrected chi connectivity index (χ4v) is 22.4. The lowest BCUT2D eigenvalue weighted by molar-refractivity contribution is 0.714. The average molecular weight is 381 g/mol. The number of halogens is 1. The zero-order chi connectivity index (χ0) is 16.7. The van der Waals surface area contributed by atoms with Crippen LogP contribution in [0.3, 0.4) is 0 Å². The molecule has 0 aliphatic heterocycles. The van der Waals surface area contributed by atoms with E-state index in [1.807, 2.05) is 0 Å². The van der Waals surface area contributed by atoms with Gasteiger partial charge in [-0.1, -0.05) is 83.1 Å². The zero-order valence-electron chi connectivity index (χ0n) is 15.8. The summed E-state index contributed by atoms with van der Waals surface area (Å²) in [5.74, 6) is 0. The van der Waals surface area contributed by atoms with Gasteiger partial charge in [0.15, 0.2) is 0 Å². The van der Waals surface area contributed by atoms with Crippen molar-refractivity contribution in [2.75, 3.05) is 0 Å². The van der Waals surface area contributed by atoms with E-state index < -0.39 is 0 Å². The highest BCUT2D eigenvalue weighted by atomic mass is 79.9. The van der Waals surface area contributed by atoms with Crippen LogP contribution in [0.25, 0.3) is 0 Å². The third-order valence-electron chi connectivity index (χ3n) is 3.32. The molecule has 0 fully saturated rings. The molecular weight excluding hydrogens is 345 g/mol. The third kappa shape index (κ3) is 5.89. The van der Waals surface area contributed by atoms with Crippen molar-refractivity contribution in [3.63, 3.8) is 0 Å². The van der Waals surface area contributed by atoms with Gasteiger partial charge in [0.25, 0.3) is 4.98 Å². The van der Waals surface area contributed by atoms with Crippen LogP contribution in [0.15, 0.2) is 0 Å². The van der Waals surface area contributed by atoms with Crippen molar-refractivity contribution in [3.05, 3.63) is 0 Å². The molecule has 0 aliphatic rings. The van der Waals surface area contributed by atoms with Crippen LogP contribution >= 0.6 is 31.4 Å². The molecule has 20 heavy (non-hydrogen) atoms. The van der Waals surface area contributed by atoms with Crippen LogP contribution in [0.4, 0.5) is 0 Å². The summed E-state index contributed by atoms with van der Waals surface area (Å²) in [7, 11) is -0.253. The van der Waals surface area contributed by atoms with Crippen LogP contribution in [-0.2, 0) is 0 Å². The average Bonchev–Trinajstić information content (AvgIpc) is 1.88. The summed E-state index contributed by atoms with van der Waals surface area (Å²) >= 11 is 4.21. The first-order valence-electron chi connectivity index (χ1n) is 7.63. The smallest absolute Gasteiger partial charge is 0.142 e. The van der Waals surface area contributed by atoms with Crippen molar-refractivity contribution in [3.8, 4) is 0 Å². The Morgan fingerprint density at radius 3 is 0.750 bits per heavy atom. The Hall–Kier alpha value is 1.40. The van der Waals surface area contributed by atoms with Crippen LogP contribution in [-0.4, -0.2) is 25.6 Å². The molecule has 0 aliphatic carbocycles. The van der Waals surface area contributed by atoms with Crippen molar-refractivity contribution >= 4 is 36.3 Å². The quantitative estimate of drug-likeness (QED) is 0.343. The molecule has 0 aromatic carbocycles. The summed E-state index contributed by atoms with van der Waals surface area (Å²) in [6.45, 7) is 29.1. The van der Waals surface area contributed by atoms with E-state index in [1.165, 1.54) is 0 Å². The highest BCUT2D eigenvalue weighted by Crippen LogP contribution is 2.76. The lowest BCUT2D eigenvalue weighted by Gasteiger charge is -2.52. The van der Waals surface area contributed by atoms with Gasteiger partial charge in [-0.25, -0.2) is 0 Å². The molecule has 0 rings (SSSR count). The molecule has 0 unspecified atom stereocenters. The van der Waals surface area contributed by atoms with Gasteiger partial charge in [-0.05, 0) is 20.6 Å². The lowest BCUT2D eigenvalue weighted by atomic mass is 10.2. The van der Waals surface area contributed by atoms with E-state index in [-0.39, 0.29) is 15.6 Å². The Morgan fingerprint density at radius 2 is 0.650 bits per heavy atom. The molecular formula is C16H36BBrP2. The summed E-state index contributed by atoms with van der Waals surface area (Å²) in [4.78, 5) is 0.646. The third-order valence-corrected chi connectivity index (χ3v) is 13.8. The first kappa shape index (κ1) is 21.4. The first-order valence-corrected chi connectivity index (χ1v) is 11.4. The second kappa shape index (κ2) is 6.49. The van der Waals surface area contributed by atoms with Crippen molar-refractivity contribution in [1.29, 1.82) is 0 Å². The Bertz CT molecular complexity index is 255. The van der Waals surface area contributed by atoms with E-state index in [1.54, 1.807) is 0 Å². The highest BCUT2D eigenvalue weighted by Gasteiger charge is 2.50. The molecule has 0 amide bonds. The standard InChI is InChI=1S/C16H36BBrP2/c1-13(2,3)19(14(4,5)6)17(18)20(15(7,8)9)16(10,11)12/h1-12H3. The van der Waals surface area contributed by atoms with Crippen LogP contribution in [0.5, 0.6) is 0 Å². The predicted octanol–water partition coefficient (Wildman–Crippen LogP) is 7.52. The topological polar surface area (TPSA) is 0 Å². The molecule has 0 bridgehead atoms. The van der Waals surface area contributed by atoms with Gasteiger partial charge in [0.2, 0.25) is 0 Å². The van der Waals surface area contributed by atoms with E-state index in [2.05, 4.69) is 98.8 Å². The van der Waals surface area contributed by atoms with E-state index >= 15 is 0 Å². The molecule has 0 spiro atoms. The molecule has 0 saturated carbocycles. The molecule has 0 saturated heterocycles. The van der Waals surface area contributed by atoms with E-state index in [0.29, 0.717) is 25.6 Å². The first-order chi connectivity index (χ1) is 8.40. The number of hydrogen-bond donors (Lipinski definition) is 0. The zero-order valence-corrected chi connectivity index (χ0v) is 19.2. The lowest BCUT2D eigenvalue weighted by Crippen LogP contribution is -2.37. The van der Waals surface area contributed by atoms with Gasteiger partial charge >= 0.3 is 0 Å². The summed E-state index contributed by atoms with van der Waals surface area (Å²) < 4.78 is 0. The molecule has 0 aromatic heterocycles. The van der Waals surface area contributed by atoms with Gasteiger partial charge < -0.3 is 0 Å². The van der Waals surface area contributed by atoms with Gasteiger partial charge in [0.05, 0.1) is 0 Å². The minimum absolute atomic E-state index is 0.126. The van der Waals surface area contributed by atoms with Crippen LogP contribution < -0.4 is 0 Å². The number of rotatable bonds is 2. The maximum absolute atomic E-state index is 4.21. The van der Waals surface area contributed by atoms with E-state index in [0.717, 1.165) is 0 Å². The molecule has 4 heteroatoms. The Kier molecular flexibility index (Phi) is 6.95. The number of hydrogen-bond acceptors (Lipinski definition) is 0. The van der Waals surface area contributed by atoms with Crippen molar-refractivity contribution in [2.45, 2.75) is 104 Å². The van der Waals surface area contributed by atoms with Gasteiger partial charge in [-0.15, -0.1) is 31.4 Å². The van der Waals surface area contributed by atoms with Crippen LogP contribution in [0.1, 0.15) is 83.1 Å². The SMILES string of the molecule is CC(C)(C)P(B(Br)P(C(C)(C)C)C(C)(C)C)C(C)(C)C. The van der Waals surface area contributed by atoms with E-state index in [4.69, 9.17) is 0 Å². The van der Waals surface area contributed by atoms with Gasteiger partial charge in [0.1, 0.15) is 0 Å². The second-order valence-corrected chi connectivity index (χ2v) is 20.4. The minimum atomic E-state index is -0.126. The van der Waals surface area contributed by atoms with Crippen molar-refractivity contribution in [1.82, 2.24) is 0 Å². The van der Waals surface area contributed by atoms with Gasteiger partial charge in [0, 0.05) is 0 Å². The monoisotopic (exact) mass is 380 g/mol. The van der Waals surface area contributed by atoms with Crippen molar-refractivity contribution < 1.29 is 0 Å². The van der Waals surface area contributed by atoms with Crippen LogP contribution in [0, 0.1) is 0 Å². The molecule has 0 heterocycles. The molecule has 0 radical (unpaired) electrons. The minimum Gasteiger partial charge on any atom is -0.142 e. The normalized spacial score (nSPS) is 15.2. The summed E-state index contributed by atoms with van der Waals surface area (Å²) in [5, 5.41) is 1.50. The molecule has 120 valence electrons. The largest absolute Gasteiger partial charge is 0.280 e. The second-order valence-electron chi connectivity index (χ2n) is 9.73.